The van der Waals surface area contributed by atoms with E-state index in [2.05, 4.69) is 10.1 Å². The van der Waals surface area contributed by atoms with Crippen molar-refractivity contribution in [2.24, 2.45) is 0 Å². The third kappa shape index (κ3) is 6.64. The number of hydrogen-bond donors (Lipinski definition) is 1. The van der Waals surface area contributed by atoms with E-state index >= 15 is 0 Å². The maximum atomic E-state index is 12.1. The lowest BCUT2D eigenvalue weighted by atomic mass is 10.2. The average molecular weight is 238 g/mol. The Hall–Kier alpha value is -0.800. The van der Waals surface area contributed by atoms with Crippen LogP contribution in [0.1, 0.15) is 26.7 Å². The molecule has 0 spiro atoms. The summed E-state index contributed by atoms with van der Waals surface area (Å²) in [7, 11) is 0. The van der Waals surface area contributed by atoms with E-state index in [1.807, 2.05) is 13.0 Å². The van der Waals surface area contributed by atoms with Gasteiger partial charge in [0.1, 0.15) is 0 Å². The van der Waals surface area contributed by atoms with Crippen molar-refractivity contribution in [3.63, 3.8) is 0 Å². The molecule has 0 saturated carbocycles. The lowest BCUT2D eigenvalue weighted by molar-refractivity contribution is -0.214. The zero-order valence-electron chi connectivity index (χ0n) is 9.47. The second-order valence-corrected chi connectivity index (χ2v) is 3.48. The highest BCUT2D eigenvalue weighted by atomic mass is 19.4. The molecule has 0 radical (unpaired) electrons. The number of rotatable bonds is 7. The molecule has 0 aliphatic carbocycles. The van der Waals surface area contributed by atoms with Crippen LogP contribution >= 0.6 is 0 Å². The Kier molecular flexibility index (Phi) is 7.10. The molecule has 0 bridgehead atoms. The number of ether oxygens (including phenoxy) is 1. The highest BCUT2D eigenvalue weighted by Gasteiger charge is 2.36. The van der Waals surface area contributed by atoms with Gasteiger partial charge in [-0.05, 0) is 26.3 Å². The predicted molar refractivity (Wildman–Crippen MR) is 53.8 cm³/mol. The van der Waals surface area contributed by atoms with Gasteiger partial charge in [-0.2, -0.15) is 18.4 Å². The molecule has 0 heterocycles. The molecular weight excluding hydrogens is 221 g/mol. The second kappa shape index (κ2) is 7.47. The Morgan fingerprint density at radius 1 is 1.44 bits per heavy atom. The Balaban J connectivity index is 3.75. The van der Waals surface area contributed by atoms with Gasteiger partial charge in [-0.3, -0.25) is 0 Å². The fourth-order valence-corrected chi connectivity index (χ4v) is 0.988. The summed E-state index contributed by atoms with van der Waals surface area (Å²) in [5, 5.41) is 11.6. The van der Waals surface area contributed by atoms with Crippen molar-refractivity contribution in [3.05, 3.63) is 0 Å². The fraction of sp³-hybridized carbons (Fsp3) is 0.900. The molecule has 0 aromatic carbocycles. The van der Waals surface area contributed by atoms with Gasteiger partial charge >= 0.3 is 6.18 Å². The third-order valence-corrected chi connectivity index (χ3v) is 2.03. The molecule has 0 fully saturated rings. The van der Waals surface area contributed by atoms with E-state index in [0.717, 1.165) is 13.3 Å². The summed E-state index contributed by atoms with van der Waals surface area (Å²) >= 11 is 0. The van der Waals surface area contributed by atoms with E-state index in [1.54, 1.807) is 0 Å². The van der Waals surface area contributed by atoms with E-state index in [0.29, 0.717) is 6.54 Å². The molecule has 0 aliphatic heterocycles. The van der Waals surface area contributed by atoms with Gasteiger partial charge in [-0.15, -0.1) is 0 Å². The van der Waals surface area contributed by atoms with Crippen LogP contribution in [0, 0.1) is 11.3 Å². The van der Waals surface area contributed by atoms with Crippen LogP contribution in [-0.4, -0.2) is 31.5 Å². The van der Waals surface area contributed by atoms with Crippen molar-refractivity contribution >= 4 is 0 Å². The minimum Gasteiger partial charge on any atom is -0.369 e. The largest absolute Gasteiger partial charge is 0.414 e. The summed E-state index contributed by atoms with van der Waals surface area (Å²) in [6, 6.07) is 1.53. The monoisotopic (exact) mass is 238 g/mol. The van der Waals surface area contributed by atoms with Gasteiger partial charge in [-0.1, -0.05) is 6.92 Å². The normalized spacial score (nSPS) is 15.5. The summed E-state index contributed by atoms with van der Waals surface area (Å²) in [5.41, 5.74) is 0. The summed E-state index contributed by atoms with van der Waals surface area (Å²) in [6.45, 7) is 3.51. The van der Waals surface area contributed by atoms with Crippen LogP contribution in [0.2, 0.25) is 0 Å². The number of halogens is 3. The standard InChI is InChI=1S/C10H17F3N2O/c1-3-5-15-9(7-14)4-6-16-8(2)10(11,12)13/h8-9,15H,3-6H2,1-2H3. The minimum atomic E-state index is -4.33. The Bertz CT molecular complexity index is 225. The molecule has 16 heavy (non-hydrogen) atoms. The molecule has 3 nitrogen and oxygen atoms in total. The van der Waals surface area contributed by atoms with Gasteiger partial charge < -0.3 is 10.1 Å². The zero-order valence-corrected chi connectivity index (χ0v) is 9.47. The molecule has 0 amide bonds. The SMILES string of the molecule is CCCNC(C#N)CCOC(C)C(F)(F)F. The van der Waals surface area contributed by atoms with E-state index in [1.165, 1.54) is 0 Å². The molecule has 0 saturated heterocycles. The predicted octanol–water partition coefficient (Wildman–Crippen LogP) is 2.24. The molecule has 1 N–H and O–H groups in total. The number of nitrogens with zero attached hydrogens (tertiary/aromatic N) is 1. The van der Waals surface area contributed by atoms with Gasteiger partial charge in [0.2, 0.25) is 0 Å². The molecule has 0 aromatic rings. The molecule has 0 rings (SSSR count). The van der Waals surface area contributed by atoms with Gasteiger partial charge in [0.25, 0.3) is 0 Å². The maximum absolute atomic E-state index is 12.1. The van der Waals surface area contributed by atoms with Crippen LogP contribution in [0.15, 0.2) is 0 Å². The van der Waals surface area contributed by atoms with E-state index in [4.69, 9.17) is 5.26 Å². The smallest absolute Gasteiger partial charge is 0.369 e. The summed E-state index contributed by atoms with van der Waals surface area (Å²) in [4.78, 5) is 0. The first-order valence-corrected chi connectivity index (χ1v) is 5.23. The summed E-state index contributed by atoms with van der Waals surface area (Å²) in [5.74, 6) is 0. The van der Waals surface area contributed by atoms with Gasteiger partial charge in [0.15, 0.2) is 6.10 Å². The topological polar surface area (TPSA) is 45.0 Å². The second-order valence-electron chi connectivity index (χ2n) is 3.48. The zero-order chi connectivity index (χ0) is 12.6. The van der Waals surface area contributed by atoms with E-state index < -0.39 is 18.3 Å². The summed E-state index contributed by atoms with van der Waals surface area (Å²) in [6.07, 6.45) is -4.98. The summed E-state index contributed by atoms with van der Waals surface area (Å²) < 4.78 is 40.8. The number of alkyl halides is 3. The maximum Gasteiger partial charge on any atom is 0.414 e. The fourth-order valence-electron chi connectivity index (χ4n) is 0.988. The Morgan fingerprint density at radius 3 is 2.50 bits per heavy atom. The third-order valence-electron chi connectivity index (χ3n) is 2.03. The van der Waals surface area contributed by atoms with Gasteiger partial charge in [0.05, 0.1) is 12.1 Å². The lowest BCUT2D eigenvalue weighted by Gasteiger charge is -2.17. The number of hydrogen-bond acceptors (Lipinski definition) is 3. The van der Waals surface area contributed by atoms with Crippen LogP contribution in [0.3, 0.4) is 0 Å². The van der Waals surface area contributed by atoms with E-state index in [-0.39, 0.29) is 13.0 Å². The van der Waals surface area contributed by atoms with Crippen molar-refractivity contribution < 1.29 is 17.9 Å². The molecule has 6 heteroatoms. The quantitative estimate of drug-likeness (QED) is 0.739. The van der Waals surface area contributed by atoms with Crippen molar-refractivity contribution in [1.82, 2.24) is 5.32 Å². The first-order chi connectivity index (χ1) is 7.41. The van der Waals surface area contributed by atoms with Gasteiger partial charge in [-0.25, -0.2) is 0 Å². The van der Waals surface area contributed by atoms with Gasteiger partial charge in [0, 0.05) is 6.61 Å². The molecule has 0 aliphatic rings. The van der Waals surface area contributed by atoms with Crippen molar-refractivity contribution in [2.75, 3.05) is 13.2 Å². The molecule has 94 valence electrons. The molecule has 0 aromatic heterocycles. The first kappa shape index (κ1) is 15.2. The highest BCUT2D eigenvalue weighted by molar-refractivity contribution is 4.89. The molecule has 2 atom stereocenters. The number of nitriles is 1. The Morgan fingerprint density at radius 2 is 2.06 bits per heavy atom. The molecule has 2 unspecified atom stereocenters. The van der Waals surface area contributed by atoms with Crippen LogP contribution in [-0.2, 0) is 4.74 Å². The van der Waals surface area contributed by atoms with Crippen LogP contribution in [0.4, 0.5) is 13.2 Å². The molecular formula is C10H17F3N2O. The van der Waals surface area contributed by atoms with Crippen molar-refractivity contribution in [3.8, 4) is 6.07 Å². The number of nitrogens with one attached hydrogen (secondary N) is 1. The van der Waals surface area contributed by atoms with Crippen molar-refractivity contribution in [2.45, 2.75) is 45.0 Å². The van der Waals surface area contributed by atoms with Crippen LogP contribution in [0.5, 0.6) is 0 Å². The lowest BCUT2D eigenvalue weighted by Crippen LogP contribution is -2.32. The van der Waals surface area contributed by atoms with E-state index in [9.17, 15) is 13.2 Å². The average Bonchev–Trinajstić information content (AvgIpc) is 2.21. The minimum absolute atomic E-state index is 0.0738. The first-order valence-electron chi connectivity index (χ1n) is 5.23. The van der Waals surface area contributed by atoms with Crippen LogP contribution in [0.25, 0.3) is 0 Å². The Labute approximate surface area is 93.6 Å². The highest BCUT2D eigenvalue weighted by Crippen LogP contribution is 2.22. The van der Waals surface area contributed by atoms with Crippen molar-refractivity contribution in [1.29, 1.82) is 5.26 Å². The van der Waals surface area contributed by atoms with Crippen LogP contribution < -0.4 is 5.32 Å².